The molecule has 0 bridgehead atoms. The van der Waals surface area contributed by atoms with E-state index in [1.807, 2.05) is 12.1 Å². The highest BCUT2D eigenvalue weighted by atomic mass is 32.2. The first-order valence-electron chi connectivity index (χ1n) is 7.71. The van der Waals surface area contributed by atoms with Crippen molar-refractivity contribution in [1.82, 2.24) is 14.3 Å². The van der Waals surface area contributed by atoms with Crippen LogP contribution in [0.3, 0.4) is 0 Å². The van der Waals surface area contributed by atoms with Crippen LogP contribution in [0, 0.1) is 0 Å². The fourth-order valence-electron chi connectivity index (χ4n) is 2.66. The van der Waals surface area contributed by atoms with E-state index in [0.29, 0.717) is 31.1 Å². The van der Waals surface area contributed by atoms with Crippen molar-refractivity contribution in [1.29, 1.82) is 0 Å². The Bertz CT molecular complexity index is 739. The van der Waals surface area contributed by atoms with Gasteiger partial charge in [0.15, 0.2) is 0 Å². The largest absolute Gasteiger partial charge is 0.353 e. The lowest BCUT2D eigenvalue weighted by Gasteiger charge is -2.34. The van der Waals surface area contributed by atoms with Gasteiger partial charge >= 0.3 is 0 Å². The summed E-state index contributed by atoms with van der Waals surface area (Å²) in [5.41, 5.74) is 1.14. The molecule has 0 atom stereocenters. The van der Waals surface area contributed by atoms with Gasteiger partial charge in [-0.1, -0.05) is 19.1 Å². The zero-order valence-corrected chi connectivity index (χ0v) is 13.9. The van der Waals surface area contributed by atoms with E-state index in [9.17, 15) is 8.42 Å². The van der Waals surface area contributed by atoms with Crippen molar-refractivity contribution in [3.63, 3.8) is 0 Å². The molecule has 6 nitrogen and oxygen atoms in total. The molecule has 0 amide bonds. The number of sulfonamides is 1. The van der Waals surface area contributed by atoms with Crippen LogP contribution in [-0.4, -0.2) is 48.9 Å². The summed E-state index contributed by atoms with van der Waals surface area (Å²) >= 11 is 0. The van der Waals surface area contributed by atoms with Crippen molar-refractivity contribution in [3.8, 4) is 0 Å². The number of hydrogen-bond donors (Lipinski definition) is 0. The summed E-state index contributed by atoms with van der Waals surface area (Å²) < 4.78 is 27.0. The zero-order valence-electron chi connectivity index (χ0n) is 13.1. The zero-order chi connectivity index (χ0) is 16.3. The second kappa shape index (κ2) is 6.64. The van der Waals surface area contributed by atoms with Crippen LogP contribution in [0.15, 0.2) is 47.8 Å². The number of aromatic nitrogens is 2. The first-order chi connectivity index (χ1) is 11.1. The van der Waals surface area contributed by atoms with Gasteiger partial charge in [0, 0.05) is 38.6 Å². The Morgan fingerprint density at radius 1 is 1.04 bits per heavy atom. The maximum atomic E-state index is 12.7. The molecule has 0 saturated carbocycles. The van der Waals surface area contributed by atoms with Crippen molar-refractivity contribution in [2.45, 2.75) is 18.2 Å². The molecule has 1 aromatic heterocycles. The van der Waals surface area contributed by atoms with E-state index in [-0.39, 0.29) is 0 Å². The summed E-state index contributed by atoms with van der Waals surface area (Å²) in [6, 6.07) is 7.15. The monoisotopic (exact) mass is 332 g/mol. The Morgan fingerprint density at radius 3 is 2.30 bits per heavy atom. The summed E-state index contributed by atoms with van der Waals surface area (Å²) in [5.74, 6) is 0.789. The van der Waals surface area contributed by atoms with E-state index in [1.165, 1.54) is 0 Å². The van der Waals surface area contributed by atoms with Gasteiger partial charge in [0.05, 0.1) is 11.1 Å². The summed E-state index contributed by atoms with van der Waals surface area (Å²) in [7, 11) is -3.42. The molecular formula is C16H20N4O2S. The molecule has 0 spiro atoms. The van der Waals surface area contributed by atoms with Crippen LogP contribution in [0.1, 0.15) is 12.5 Å². The third-order valence-corrected chi connectivity index (χ3v) is 5.99. The van der Waals surface area contributed by atoms with Crippen LogP contribution in [0.4, 0.5) is 5.82 Å². The number of nitrogens with zero attached hydrogens (tertiary/aromatic N) is 4. The predicted molar refractivity (Wildman–Crippen MR) is 88.8 cm³/mol. The fourth-order valence-corrected chi connectivity index (χ4v) is 4.08. The second-order valence-electron chi connectivity index (χ2n) is 5.45. The number of aryl methyl sites for hydroxylation is 1. The average Bonchev–Trinajstić information content (AvgIpc) is 2.62. The summed E-state index contributed by atoms with van der Waals surface area (Å²) in [6.45, 7) is 4.19. The molecule has 23 heavy (non-hydrogen) atoms. The Balaban J connectivity index is 1.70. The van der Waals surface area contributed by atoms with Crippen LogP contribution in [-0.2, 0) is 16.4 Å². The fraction of sp³-hybridized carbons (Fsp3) is 0.375. The van der Waals surface area contributed by atoms with Gasteiger partial charge in [0.1, 0.15) is 5.82 Å². The van der Waals surface area contributed by atoms with Gasteiger partial charge in [0.2, 0.25) is 10.0 Å². The molecule has 1 aliphatic rings. The van der Waals surface area contributed by atoms with Crippen molar-refractivity contribution in [2.75, 3.05) is 31.1 Å². The van der Waals surface area contributed by atoms with Crippen LogP contribution >= 0.6 is 0 Å². The van der Waals surface area contributed by atoms with E-state index < -0.39 is 10.0 Å². The Morgan fingerprint density at radius 2 is 1.74 bits per heavy atom. The number of piperazine rings is 1. The minimum absolute atomic E-state index is 0.364. The molecule has 2 heterocycles. The van der Waals surface area contributed by atoms with E-state index in [4.69, 9.17) is 0 Å². The lowest BCUT2D eigenvalue weighted by atomic mass is 10.2. The molecule has 3 rings (SSSR count). The first kappa shape index (κ1) is 15.9. The SMILES string of the molecule is CCc1ccc(S(=O)(=O)N2CCN(c3cnccn3)CC2)cc1. The minimum Gasteiger partial charge on any atom is -0.353 e. The minimum atomic E-state index is -3.42. The summed E-state index contributed by atoms with van der Waals surface area (Å²) in [6.07, 6.45) is 5.88. The number of rotatable bonds is 4. The first-order valence-corrected chi connectivity index (χ1v) is 9.15. The lowest BCUT2D eigenvalue weighted by Crippen LogP contribution is -2.48. The average molecular weight is 332 g/mol. The van der Waals surface area contributed by atoms with Crippen LogP contribution < -0.4 is 4.90 Å². The Hall–Kier alpha value is -1.99. The smallest absolute Gasteiger partial charge is 0.243 e. The molecular weight excluding hydrogens is 312 g/mol. The van der Waals surface area contributed by atoms with Gasteiger partial charge in [0.25, 0.3) is 0 Å². The Labute approximate surface area is 136 Å². The number of hydrogen-bond acceptors (Lipinski definition) is 5. The molecule has 122 valence electrons. The van der Waals surface area contributed by atoms with E-state index in [0.717, 1.165) is 17.8 Å². The molecule has 0 unspecified atom stereocenters. The van der Waals surface area contributed by atoms with E-state index >= 15 is 0 Å². The highest BCUT2D eigenvalue weighted by Gasteiger charge is 2.28. The second-order valence-corrected chi connectivity index (χ2v) is 7.39. The highest BCUT2D eigenvalue weighted by Crippen LogP contribution is 2.20. The van der Waals surface area contributed by atoms with Gasteiger partial charge in [-0.05, 0) is 24.1 Å². The molecule has 0 aliphatic carbocycles. The van der Waals surface area contributed by atoms with Gasteiger partial charge < -0.3 is 4.90 Å². The molecule has 1 fully saturated rings. The number of benzene rings is 1. The van der Waals surface area contributed by atoms with E-state index in [2.05, 4.69) is 21.8 Å². The van der Waals surface area contributed by atoms with Gasteiger partial charge in [-0.15, -0.1) is 0 Å². The maximum absolute atomic E-state index is 12.7. The van der Waals surface area contributed by atoms with Crippen molar-refractivity contribution < 1.29 is 8.42 Å². The normalized spacial score (nSPS) is 16.5. The quantitative estimate of drug-likeness (QED) is 0.850. The standard InChI is InChI=1S/C16H20N4O2S/c1-2-14-3-5-15(6-4-14)23(21,22)20-11-9-19(10-12-20)16-13-17-7-8-18-16/h3-8,13H,2,9-12H2,1H3. The molecule has 7 heteroatoms. The summed E-state index contributed by atoms with van der Waals surface area (Å²) in [5, 5.41) is 0. The molecule has 0 N–H and O–H groups in total. The predicted octanol–water partition coefficient (Wildman–Crippen LogP) is 1.55. The molecule has 0 radical (unpaired) electrons. The van der Waals surface area contributed by atoms with Crippen LogP contribution in [0.2, 0.25) is 0 Å². The van der Waals surface area contributed by atoms with Crippen molar-refractivity contribution in [2.24, 2.45) is 0 Å². The highest BCUT2D eigenvalue weighted by molar-refractivity contribution is 7.89. The van der Waals surface area contributed by atoms with Gasteiger partial charge in [-0.3, -0.25) is 4.98 Å². The van der Waals surface area contributed by atoms with E-state index in [1.54, 1.807) is 35.0 Å². The maximum Gasteiger partial charge on any atom is 0.243 e. The molecule has 1 saturated heterocycles. The van der Waals surface area contributed by atoms with Gasteiger partial charge in [-0.25, -0.2) is 13.4 Å². The number of anilines is 1. The molecule has 1 aromatic carbocycles. The van der Waals surface area contributed by atoms with Crippen LogP contribution in [0.25, 0.3) is 0 Å². The van der Waals surface area contributed by atoms with Crippen molar-refractivity contribution >= 4 is 15.8 Å². The molecule has 1 aliphatic heterocycles. The van der Waals surface area contributed by atoms with Crippen LogP contribution in [0.5, 0.6) is 0 Å². The van der Waals surface area contributed by atoms with Crippen molar-refractivity contribution in [3.05, 3.63) is 48.4 Å². The third-order valence-electron chi connectivity index (χ3n) is 4.08. The summed E-state index contributed by atoms with van der Waals surface area (Å²) in [4.78, 5) is 10.7. The topological polar surface area (TPSA) is 66.4 Å². The third kappa shape index (κ3) is 3.35. The molecule has 2 aromatic rings. The lowest BCUT2D eigenvalue weighted by molar-refractivity contribution is 0.383. The van der Waals surface area contributed by atoms with Gasteiger partial charge in [-0.2, -0.15) is 4.31 Å². The Kier molecular flexibility index (Phi) is 4.58.